The van der Waals surface area contributed by atoms with E-state index in [1.807, 2.05) is 59.9 Å². The Labute approximate surface area is 116 Å². The van der Waals surface area contributed by atoms with E-state index in [1.165, 1.54) is 0 Å². The van der Waals surface area contributed by atoms with Crippen molar-refractivity contribution in [3.8, 4) is 0 Å². The van der Waals surface area contributed by atoms with Crippen LogP contribution in [0.1, 0.15) is 16.2 Å². The maximum atomic E-state index is 12.3. The number of carbonyl (C=O) groups is 1. The van der Waals surface area contributed by atoms with Crippen LogP contribution in [0.15, 0.2) is 42.9 Å². The highest BCUT2D eigenvalue weighted by molar-refractivity contribution is 6.06. The maximum absolute atomic E-state index is 12.3. The zero-order valence-corrected chi connectivity index (χ0v) is 11.5. The number of hydrogen-bond donors (Lipinski definition) is 1. The largest absolute Gasteiger partial charge is 0.351 e. The zero-order valence-electron chi connectivity index (χ0n) is 11.5. The molecule has 5 nitrogen and oxygen atoms in total. The van der Waals surface area contributed by atoms with Gasteiger partial charge in [0.25, 0.3) is 5.91 Å². The fourth-order valence-corrected chi connectivity index (χ4v) is 2.32. The van der Waals surface area contributed by atoms with Crippen LogP contribution in [0.2, 0.25) is 0 Å². The van der Waals surface area contributed by atoms with E-state index >= 15 is 0 Å². The molecule has 102 valence electrons. The van der Waals surface area contributed by atoms with Crippen LogP contribution >= 0.6 is 0 Å². The van der Waals surface area contributed by atoms with Crippen molar-refractivity contribution in [1.82, 2.24) is 19.4 Å². The minimum Gasteiger partial charge on any atom is -0.351 e. The molecular weight excluding hydrogens is 252 g/mol. The van der Waals surface area contributed by atoms with Crippen molar-refractivity contribution in [3.63, 3.8) is 0 Å². The predicted molar refractivity (Wildman–Crippen MR) is 77.3 cm³/mol. The molecule has 0 fully saturated rings. The molecule has 1 N–H and O–H groups in total. The fraction of sp³-hybridized carbons (Fsp3) is 0.200. The Balaban J connectivity index is 1.84. The van der Waals surface area contributed by atoms with Gasteiger partial charge in [-0.25, -0.2) is 4.98 Å². The average molecular weight is 268 g/mol. The van der Waals surface area contributed by atoms with Crippen LogP contribution in [0.5, 0.6) is 0 Å². The van der Waals surface area contributed by atoms with Gasteiger partial charge in [-0.15, -0.1) is 0 Å². The van der Waals surface area contributed by atoms with Crippen LogP contribution in [0, 0.1) is 0 Å². The Morgan fingerprint density at radius 1 is 1.20 bits per heavy atom. The molecule has 5 heteroatoms. The number of benzene rings is 1. The van der Waals surface area contributed by atoms with Crippen molar-refractivity contribution >= 4 is 16.8 Å². The molecule has 0 radical (unpaired) electrons. The SMILES string of the molecule is Cn1ccnc1CNC(=O)c1cccc2c1ccn2C. The van der Waals surface area contributed by atoms with E-state index in [9.17, 15) is 4.79 Å². The first-order chi connectivity index (χ1) is 9.66. The van der Waals surface area contributed by atoms with Gasteiger partial charge in [0.05, 0.1) is 6.54 Å². The summed E-state index contributed by atoms with van der Waals surface area (Å²) in [4.78, 5) is 16.5. The first-order valence-corrected chi connectivity index (χ1v) is 6.45. The van der Waals surface area contributed by atoms with Gasteiger partial charge in [0.2, 0.25) is 0 Å². The van der Waals surface area contributed by atoms with Crippen LogP contribution in [0.25, 0.3) is 10.9 Å². The Kier molecular flexibility index (Phi) is 3.02. The van der Waals surface area contributed by atoms with E-state index in [2.05, 4.69) is 10.3 Å². The van der Waals surface area contributed by atoms with Gasteiger partial charge in [0.15, 0.2) is 0 Å². The van der Waals surface area contributed by atoms with Crippen LogP contribution in [0.4, 0.5) is 0 Å². The molecule has 2 aromatic heterocycles. The molecule has 3 aromatic rings. The van der Waals surface area contributed by atoms with Crippen molar-refractivity contribution < 1.29 is 4.79 Å². The number of nitrogens with zero attached hydrogens (tertiary/aromatic N) is 3. The summed E-state index contributed by atoms with van der Waals surface area (Å²) >= 11 is 0. The predicted octanol–water partition coefficient (Wildman–Crippen LogP) is 1.84. The molecule has 3 rings (SSSR count). The molecule has 0 bridgehead atoms. The van der Waals surface area contributed by atoms with E-state index in [-0.39, 0.29) is 5.91 Å². The van der Waals surface area contributed by atoms with Gasteiger partial charge in [0, 0.05) is 49.2 Å². The third-order valence-corrected chi connectivity index (χ3v) is 3.50. The number of fused-ring (bicyclic) bond motifs is 1. The Bertz CT molecular complexity index is 769. The third-order valence-electron chi connectivity index (χ3n) is 3.50. The molecule has 0 aliphatic carbocycles. The highest BCUT2D eigenvalue weighted by Gasteiger charge is 2.11. The smallest absolute Gasteiger partial charge is 0.252 e. The number of aromatic nitrogens is 3. The average Bonchev–Trinajstić information content (AvgIpc) is 3.03. The molecule has 0 unspecified atom stereocenters. The molecule has 0 saturated carbocycles. The van der Waals surface area contributed by atoms with Gasteiger partial charge >= 0.3 is 0 Å². The standard InChI is InChI=1S/C15H16N4O/c1-18-8-6-11-12(4-3-5-13(11)18)15(20)17-10-14-16-7-9-19(14)2/h3-9H,10H2,1-2H3,(H,17,20). The van der Waals surface area contributed by atoms with Crippen molar-refractivity contribution in [1.29, 1.82) is 0 Å². The number of nitrogens with one attached hydrogen (secondary N) is 1. The van der Waals surface area contributed by atoms with Crippen LogP contribution in [-0.4, -0.2) is 20.0 Å². The number of imidazole rings is 1. The Morgan fingerprint density at radius 3 is 2.80 bits per heavy atom. The summed E-state index contributed by atoms with van der Waals surface area (Å²) in [5.74, 6) is 0.753. The lowest BCUT2D eigenvalue weighted by Gasteiger charge is -2.07. The highest BCUT2D eigenvalue weighted by atomic mass is 16.1. The maximum Gasteiger partial charge on any atom is 0.252 e. The molecule has 1 aromatic carbocycles. The fourth-order valence-electron chi connectivity index (χ4n) is 2.32. The summed E-state index contributed by atoms with van der Waals surface area (Å²) in [7, 11) is 3.88. The lowest BCUT2D eigenvalue weighted by atomic mass is 10.1. The molecule has 0 aliphatic rings. The van der Waals surface area contributed by atoms with Gasteiger partial charge in [-0.1, -0.05) is 6.07 Å². The normalized spacial score (nSPS) is 10.9. The second-order valence-corrected chi connectivity index (χ2v) is 4.80. The molecule has 20 heavy (non-hydrogen) atoms. The monoisotopic (exact) mass is 268 g/mol. The lowest BCUT2D eigenvalue weighted by molar-refractivity contribution is 0.0951. The second kappa shape index (κ2) is 4.85. The summed E-state index contributed by atoms with van der Waals surface area (Å²) in [6, 6.07) is 7.71. The van der Waals surface area contributed by atoms with Crippen molar-refractivity contribution in [2.24, 2.45) is 14.1 Å². The summed E-state index contributed by atoms with van der Waals surface area (Å²) in [6.45, 7) is 0.422. The van der Waals surface area contributed by atoms with Crippen LogP contribution < -0.4 is 5.32 Å². The Hall–Kier alpha value is -2.56. The summed E-state index contributed by atoms with van der Waals surface area (Å²) in [5, 5.41) is 3.88. The molecule has 0 atom stereocenters. The van der Waals surface area contributed by atoms with Crippen LogP contribution in [-0.2, 0) is 20.6 Å². The van der Waals surface area contributed by atoms with Crippen molar-refractivity contribution in [2.75, 3.05) is 0 Å². The van der Waals surface area contributed by atoms with Crippen molar-refractivity contribution in [2.45, 2.75) is 6.54 Å². The van der Waals surface area contributed by atoms with E-state index in [1.54, 1.807) is 6.20 Å². The van der Waals surface area contributed by atoms with E-state index in [0.717, 1.165) is 16.7 Å². The number of carbonyl (C=O) groups excluding carboxylic acids is 1. The number of aryl methyl sites for hydroxylation is 2. The second-order valence-electron chi connectivity index (χ2n) is 4.80. The first kappa shape index (κ1) is 12.5. The lowest BCUT2D eigenvalue weighted by Crippen LogP contribution is -2.24. The quantitative estimate of drug-likeness (QED) is 0.788. The molecular formula is C15H16N4O. The van der Waals surface area contributed by atoms with Gasteiger partial charge in [0.1, 0.15) is 5.82 Å². The number of hydrogen-bond acceptors (Lipinski definition) is 2. The van der Waals surface area contributed by atoms with E-state index < -0.39 is 0 Å². The minimum absolute atomic E-state index is 0.0789. The Morgan fingerprint density at radius 2 is 2.05 bits per heavy atom. The van der Waals surface area contributed by atoms with E-state index in [4.69, 9.17) is 0 Å². The van der Waals surface area contributed by atoms with E-state index in [0.29, 0.717) is 12.1 Å². The molecule has 2 heterocycles. The third kappa shape index (κ3) is 2.07. The topological polar surface area (TPSA) is 51.9 Å². The van der Waals surface area contributed by atoms with Gasteiger partial charge < -0.3 is 14.5 Å². The van der Waals surface area contributed by atoms with Gasteiger partial charge in [-0.05, 0) is 18.2 Å². The molecule has 0 spiro atoms. The summed E-state index contributed by atoms with van der Waals surface area (Å²) in [6.07, 6.45) is 5.54. The molecule has 1 amide bonds. The zero-order chi connectivity index (χ0) is 14.1. The minimum atomic E-state index is -0.0789. The number of rotatable bonds is 3. The first-order valence-electron chi connectivity index (χ1n) is 6.45. The van der Waals surface area contributed by atoms with Crippen molar-refractivity contribution in [3.05, 3.63) is 54.2 Å². The highest BCUT2D eigenvalue weighted by Crippen LogP contribution is 2.19. The molecule has 0 aliphatic heterocycles. The summed E-state index contributed by atoms with van der Waals surface area (Å²) < 4.78 is 3.90. The van der Waals surface area contributed by atoms with Crippen LogP contribution in [0.3, 0.4) is 0 Å². The van der Waals surface area contributed by atoms with Gasteiger partial charge in [-0.2, -0.15) is 0 Å². The van der Waals surface area contributed by atoms with Gasteiger partial charge in [-0.3, -0.25) is 4.79 Å². The summed E-state index contributed by atoms with van der Waals surface area (Å²) in [5.41, 5.74) is 1.74. The molecule has 0 saturated heterocycles. The number of amides is 1.